The van der Waals surface area contributed by atoms with Crippen LogP contribution in [0.1, 0.15) is 11.1 Å². The number of benzene rings is 3. The minimum atomic E-state index is -0.204. The second kappa shape index (κ2) is 8.72. The van der Waals surface area contributed by atoms with Gasteiger partial charge >= 0.3 is 0 Å². The third-order valence-electron chi connectivity index (χ3n) is 3.90. The maximum Gasteiger partial charge on any atom is 0.248 e. The average Bonchev–Trinajstić information content (AvgIpc) is 2.70. The molecule has 0 atom stereocenters. The zero-order valence-corrected chi connectivity index (χ0v) is 15.3. The number of amides is 1. The second-order valence-electron chi connectivity index (χ2n) is 6.04. The number of aryl methyl sites for hydroxylation is 1. The molecule has 1 amide bonds. The summed E-state index contributed by atoms with van der Waals surface area (Å²) < 4.78 is 11.0. The highest BCUT2D eigenvalue weighted by Crippen LogP contribution is 2.23. The van der Waals surface area contributed by atoms with E-state index in [1.807, 2.05) is 67.6 Å². The van der Waals surface area contributed by atoms with Crippen molar-refractivity contribution in [3.8, 4) is 17.2 Å². The number of nitrogens with one attached hydrogen (secondary N) is 1. The lowest BCUT2D eigenvalue weighted by atomic mass is 10.2. The molecule has 27 heavy (non-hydrogen) atoms. The smallest absolute Gasteiger partial charge is 0.248 e. The molecule has 4 heteroatoms. The molecule has 0 heterocycles. The number of carbonyl (C=O) groups excluding carboxylic acids is 1. The first kappa shape index (κ1) is 18.3. The van der Waals surface area contributed by atoms with E-state index in [9.17, 15) is 4.79 Å². The fourth-order valence-electron chi connectivity index (χ4n) is 2.45. The number of ether oxygens (including phenoxy) is 2. The first-order chi connectivity index (χ1) is 13.1. The van der Waals surface area contributed by atoms with Crippen LogP contribution >= 0.6 is 0 Å². The van der Waals surface area contributed by atoms with Crippen molar-refractivity contribution in [3.05, 3.63) is 90.0 Å². The van der Waals surface area contributed by atoms with Gasteiger partial charge in [0.1, 0.15) is 17.2 Å². The van der Waals surface area contributed by atoms with Crippen molar-refractivity contribution in [2.75, 3.05) is 12.4 Å². The van der Waals surface area contributed by atoms with Gasteiger partial charge in [-0.05, 0) is 67.1 Å². The van der Waals surface area contributed by atoms with Crippen LogP contribution in [0.2, 0.25) is 0 Å². The Balaban J connectivity index is 1.57. The van der Waals surface area contributed by atoms with Crippen molar-refractivity contribution in [1.29, 1.82) is 0 Å². The third-order valence-corrected chi connectivity index (χ3v) is 3.90. The summed E-state index contributed by atoms with van der Waals surface area (Å²) in [7, 11) is 1.61. The molecule has 0 aliphatic carbocycles. The molecule has 4 nitrogen and oxygen atoms in total. The molecule has 0 aliphatic rings. The topological polar surface area (TPSA) is 47.6 Å². The first-order valence-electron chi connectivity index (χ1n) is 8.60. The lowest BCUT2D eigenvalue weighted by Crippen LogP contribution is -2.07. The van der Waals surface area contributed by atoms with Crippen molar-refractivity contribution in [1.82, 2.24) is 0 Å². The Kier molecular flexibility index (Phi) is 5.90. The summed E-state index contributed by atoms with van der Waals surface area (Å²) in [5.74, 6) is 2.04. The second-order valence-corrected chi connectivity index (χ2v) is 6.04. The highest BCUT2D eigenvalue weighted by molar-refractivity contribution is 6.01. The van der Waals surface area contributed by atoms with E-state index in [-0.39, 0.29) is 5.91 Å². The standard InChI is InChI=1S/C23H21NO3/c1-17-6-11-20(12-7-17)27-21-13-9-19(10-14-21)24-23(25)15-8-18-4-3-5-22(16-18)26-2/h3-16H,1-2H3,(H,24,25)/b15-8+. The van der Waals surface area contributed by atoms with Crippen molar-refractivity contribution < 1.29 is 14.3 Å². The van der Waals surface area contributed by atoms with Gasteiger partial charge in [-0.25, -0.2) is 0 Å². The highest BCUT2D eigenvalue weighted by atomic mass is 16.5. The predicted molar refractivity (Wildman–Crippen MR) is 108 cm³/mol. The van der Waals surface area contributed by atoms with Crippen molar-refractivity contribution >= 4 is 17.7 Å². The summed E-state index contributed by atoms with van der Waals surface area (Å²) in [6.07, 6.45) is 3.23. The fraction of sp³-hybridized carbons (Fsp3) is 0.0870. The van der Waals surface area contributed by atoms with Gasteiger partial charge in [-0.3, -0.25) is 4.79 Å². The maximum atomic E-state index is 12.1. The molecule has 136 valence electrons. The van der Waals surface area contributed by atoms with E-state index in [0.717, 1.165) is 17.1 Å². The molecule has 3 aromatic rings. The quantitative estimate of drug-likeness (QED) is 0.596. The largest absolute Gasteiger partial charge is 0.497 e. The van der Waals surface area contributed by atoms with Gasteiger partial charge in [0.2, 0.25) is 5.91 Å². The predicted octanol–water partition coefficient (Wildman–Crippen LogP) is 5.45. The molecule has 1 N–H and O–H groups in total. The van der Waals surface area contributed by atoms with Crippen LogP contribution in [0.5, 0.6) is 17.2 Å². The zero-order valence-electron chi connectivity index (χ0n) is 15.3. The molecule has 0 unspecified atom stereocenters. The van der Waals surface area contributed by atoms with Crippen LogP contribution in [0.25, 0.3) is 6.08 Å². The Morgan fingerprint density at radius 2 is 1.56 bits per heavy atom. The number of hydrogen-bond acceptors (Lipinski definition) is 3. The first-order valence-corrected chi connectivity index (χ1v) is 8.60. The summed E-state index contributed by atoms with van der Waals surface area (Å²) >= 11 is 0. The SMILES string of the molecule is COc1cccc(/C=C/C(=O)Nc2ccc(Oc3ccc(C)cc3)cc2)c1. The van der Waals surface area contributed by atoms with Gasteiger partial charge in [0.05, 0.1) is 7.11 Å². The molecular weight excluding hydrogens is 338 g/mol. The van der Waals surface area contributed by atoms with Crippen molar-refractivity contribution in [2.24, 2.45) is 0 Å². The van der Waals surface area contributed by atoms with Crippen molar-refractivity contribution in [3.63, 3.8) is 0 Å². The number of methoxy groups -OCH3 is 1. The number of anilines is 1. The normalized spacial score (nSPS) is 10.6. The molecule has 0 aromatic heterocycles. The Bertz CT molecular complexity index is 929. The summed E-state index contributed by atoms with van der Waals surface area (Å²) in [6.45, 7) is 2.03. The zero-order chi connectivity index (χ0) is 19.1. The Labute approximate surface area is 159 Å². The molecule has 0 bridgehead atoms. The minimum Gasteiger partial charge on any atom is -0.497 e. The molecule has 0 fully saturated rings. The van der Waals surface area contributed by atoms with Crippen LogP contribution in [0.4, 0.5) is 5.69 Å². The molecule has 0 saturated heterocycles. The summed E-state index contributed by atoms with van der Waals surface area (Å²) in [5.41, 5.74) is 2.78. The van der Waals surface area contributed by atoms with Crippen LogP contribution < -0.4 is 14.8 Å². The van der Waals surface area contributed by atoms with Crippen LogP contribution in [-0.2, 0) is 4.79 Å². The monoisotopic (exact) mass is 359 g/mol. The van der Waals surface area contributed by atoms with Gasteiger partial charge in [0.15, 0.2) is 0 Å². The highest BCUT2D eigenvalue weighted by Gasteiger charge is 2.01. The minimum absolute atomic E-state index is 0.204. The van der Waals surface area contributed by atoms with Crippen molar-refractivity contribution in [2.45, 2.75) is 6.92 Å². The lowest BCUT2D eigenvalue weighted by molar-refractivity contribution is -0.111. The molecule has 3 rings (SSSR count). The van der Waals surface area contributed by atoms with E-state index in [0.29, 0.717) is 11.4 Å². The van der Waals surface area contributed by atoms with E-state index in [1.165, 1.54) is 11.6 Å². The van der Waals surface area contributed by atoms with E-state index < -0.39 is 0 Å². The number of carbonyl (C=O) groups is 1. The van der Waals surface area contributed by atoms with Crippen LogP contribution in [0.3, 0.4) is 0 Å². The summed E-state index contributed by atoms with van der Waals surface area (Å²) in [4.78, 5) is 12.1. The number of hydrogen-bond donors (Lipinski definition) is 1. The van der Waals surface area contributed by atoms with Crippen LogP contribution in [0.15, 0.2) is 78.9 Å². The van der Waals surface area contributed by atoms with E-state index in [4.69, 9.17) is 9.47 Å². The van der Waals surface area contributed by atoms with E-state index in [1.54, 1.807) is 25.3 Å². The van der Waals surface area contributed by atoms with Gasteiger partial charge in [0, 0.05) is 11.8 Å². The average molecular weight is 359 g/mol. The fourth-order valence-corrected chi connectivity index (χ4v) is 2.45. The van der Waals surface area contributed by atoms with Crippen LogP contribution in [0, 0.1) is 6.92 Å². The Hall–Kier alpha value is -3.53. The van der Waals surface area contributed by atoms with E-state index >= 15 is 0 Å². The van der Waals surface area contributed by atoms with Gasteiger partial charge in [-0.15, -0.1) is 0 Å². The van der Waals surface area contributed by atoms with Gasteiger partial charge in [-0.1, -0.05) is 29.8 Å². The molecule has 0 radical (unpaired) electrons. The van der Waals surface area contributed by atoms with Gasteiger partial charge < -0.3 is 14.8 Å². The third kappa shape index (κ3) is 5.47. The van der Waals surface area contributed by atoms with Gasteiger partial charge in [-0.2, -0.15) is 0 Å². The Morgan fingerprint density at radius 3 is 2.22 bits per heavy atom. The lowest BCUT2D eigenvalue weighted by Gasteiger charge is -2.07. The molecule has 0 aliphatic heterocycles. The van der Waals surface area contributed by atoms with Gasteiger partial charge in [0.25, 0.3) is 0 Å². The summed E-state index contributed by atoms with van der Waals surface area (Å²) in [6, 6.07) is 22.6. The summed E-state index contributed by atoms with van der Waals surface area (Å²) in [5, 5.41) is 2.83. The Morgan fingerprint density at radius 1 is 0.889 bits per heavy atom. The van der Waals surface area contributed by atoms with Crippen LogP contribution in [-0.4, -0.2) is 13.0 Å². The molecular formula is C23H21NO3. The number of rotatable bonds is 6. The molecule has 0 spiro atoms. The van der Waals surface area contributed by atoms with E-state index in [2.05, 4.69) is 5.32 Å². The maximum absolute atomic E-state index is 12.1. The molecule has 0 saturated carbocycles. The molecule has 3 aromatic carbocycles.